The summed E-state index contributed by atoms with van der Waals surface area (Å²) >= 11 is 0. The quantitative estimate of drug-likeness (QED) is 0.791. The van der Waals surface area contributed by atoms with Crippen LogP contribution in [0.15, 0.2) is 77.0 Å². The number of aliphatic imine (C=N–C) groups is 1. The summed E-state index contributed by atoms with van der Waals surface area (Å²) in [5, 5.41) is 16.0. The Balaban J connectivity index is 1.85. The van der Waals surface area contributed by atoms with Gasteiger partial charge in [0.05, 0.1) is 0 Å². The highest BCUT2D eigenvalue weighted by molar-refractivity contribution is 6.28. The highest BCUT2D eigenvalue weighted by atomic mass is 16.3. The molecule has 0 aliphatic carbocycles. The lowest BCUT2D eigenvalue weighted by Crippen LogP contribution is -2.39. The smallest absolute Gasteiger partial charge is 0.261 e. The van der Waals surface area contributed by atoms with Crippen LogP contribution < -0.4 is 10.6 Å². The molecule has 0 radical (unpaired) electrons. The normalized spacial score (nSPS) is 19.1. The Hall–Kier alpha value is -3.41. The van der Waals surface area contributed by atoms with Crippen molar-refractivity contribution in [2.75, 3.05) is 10.6 Å². The standard InChI is InChI=1S/C20H19N3O3/c1-13-16(18(25)21-14-9-5-3-6-10-14)17(24)20(2,23-13)19(26)22-15-11-7-4-8-12-15/h3-12,24H,1-2H3,(H,21,25)(H,22,26)/t20-/m1/s1. The predicted molar refractivity (Wildman–Crippen MR) is 101 cm³/mol. The van der Waals surface area contributed by atoms with Gasteiger partial charge in [0.1, 0.15) is 11.3 Å². The number of hydrogen-bond donors (Lipinski definition) is 3. The molecule has 0 unspecified atom stereocenters. The van der Waals surface area contributed by atoms with Crippen LogP contribution in [0.2, 0.25) is 0 Å². The molecule has 0 aromatic heterocycles. The largest absolute Gasteiger partial charge is 0.508 e. The van der Waals surface area contributed by atoms with Gasteiger partial charge in [0.2, 0.25) is 0 Å². The van der Waals surface area contributed by atoms with Crippen molar-refractivity contribution in [3.63, 3.8) is 0 Å². The fourth-order valence-electron chi connectivity index (χ4n) is 2.78. The van der Waals surface area contributed by atoms with E-state index in [2.05, 4.69) is 15.6 Å². The fourth-order valence-corrected chi connectivity index (χ4v) is 2.78. The maximum Gasteiger partial charge on any atom is 0.261 e. The van der Waals surface area contributed by atoms with Crippen LogP contribution in [0.25, 0.3) is 0 Å². The van der Waals surface area contributed by atoms with Gasteiger partial charge in [-0.15, -0.1) is 0 Å². The average Bonchev–Trinajstić information content (AvgIpc) is 2.86. The molecule has 1 aliphatic rings. The van der Waals surface area contributed by atoms with E-state index in [1.54, 1.807) is 55.5 Å². The van der Waals surface area contributed by atoms with Crippen molar-refractivity contribution in [2.45, 2.75) is 19.4 Å². The average molecular weight is 349 g/mol. The van der Waals surface area contributed by atoms with Crippen molar-refractivity contribution >= 4 is 28.9 Å². The maximum atomic E-state index is 12.7. The van der Waals surface area contributed by atoms with Crippen molar-refractivity contribution < 1.29 is 14.7 Å². The highest BCUT2D eigenvalue weighted by Crippen LogP contribution is 2.32. The van der Waals surface area contributed by atoms with Gasteiger partial charge in [-0.05, 0) is 38.1 Å². The lowest BCUT2D eigenvalue weighted by molar-refractivity contribution is -0.120. The summed E-state index contributed by atoms with van der Waals surface area (Å²) in [5.41, 5.74) is -0.0563. The van der Waals surface area contributed by atoms with Crippen LogP contribution in [0.5, 0.6) is 0 Å². The molecule has 0 saturated heterocycles. The molecule has 1 heterocycles. The Labute approximate surface area is 151 Å². The third kappa shape index (κ3) is 3.21. The van der Waals surface area contributed by atoms with Crippen LogP contribution in [0.1, 0.15) is 13.8 Å². The summed E-state index contributed by atoms with van der Waals surface area (Å²) in [4.78, 5) is 29.5. The summed E-state index contributed by atoms with van der Waals surface area (Å²) in [6.07, 6.45) is 0. The first kappa shape index (κ1) is 17.4. The molecular formula is C20H19N3O3. The molecule has 0 fully saturated rings. The number of benzene rings is 2. The van der Waals surface area contributed by atoms with Crippen molar-refractivity contribution in [1.82, 2.24) is 0 Å². The number of nitrogens with one attached hydrogen (secondary N) is 2. The zero-order valence-corrected chi connectivity index (χ0v) is 14.5. The summed E-state index contributed by atoms with van der Waals surface area (Å²) in [6.45, 7) is 3.07. The van der Waals surface area contributed by atoms with E-state index in [9.17, 15) is 14.7 Å². The minimum absolute atomic E-state index is 0.0135. The first-order chi connectivity index (χ1) is 12.4. The topological polar surface area (TPSA) is 90.8 Å². The third-order valence-electron chi connectivity index (χ3n) is 4.18. The van der Waals surface area contributed by atoms with E-state index in [1.807, 2.05) is 12.1 Å². The zero-order valence-electron chi connectivity index (χ0n) is 14.5. The summed E-state index contributed by atoms with van der Waals surface area (Å²) in [5.74, 6) is -1.38. The molecule has 2 aromatic carbocycles. The number of carbonyl (C=O) groups excluding carboxylic acids is 2. The summed E-state index contributed by atoms with van der Waals surface area (Å²) < 4.78 is 0. The maximum absolute atomic E-state index is 12.7. The van der Waals surface area contributed by atoms with Crippen LogP contribution in [-0.4, -0.2) is 28.2 Å². The lowest BCUT2D eigenvalue weighted by Gasteiger charge is -2.20. The molecule has 26 heavy (non-hydrogen) atoms. The van der Waals surface area contributed by atoms with E-state index in [4.69, 9.17) is 0 Å². The van der Waals surface area contributed by atoms with E-state index >= 15 is 0 Å². The number of aliphatic hydroxyl groups excluding tert-OH is 1. The Kier molecular flexibility index (Phi) is 4.58. The minimum Gasteiger partial charge on any atom is -0.508 e. The molecule has 2 amide bonds. The number of amides is 2. The molecule has 3 rings (SSSR count). The molecule has 3 N–H and O–H groups in total. The van der Waals surface area contributed by atoms with Crippen molar-refractivity contribution in [3.8, 4) is 0 Å². The van der Waals surface area contributed by atoms with E-state index in [0.29, 0.717) is 17.1 Å². The second-order valence-corrected chi connectivity index (χ2v) is 6.13. The fraction of sp³-hybridized carbons (Fsp3) is 0.150. The zero-order chi connectivity index (χ0) is 18.7. The number of carbonyl (C=O) groups is 2. The van der Waals surface area contributed by atoms with Gasteiger partial charge >= 0.3 is 0 Å². The van der Waals surface area contributed by atoms with Gasteiger partial charge in [0, 0.05) is 17.1 Å². The monoisotopic (exact) mass is 349 g/mol. The summed E-state index contributed by atoms with van der Waals surface area (Å²) in [6, 6.07) is 17.8. The third-order valence-corrected chi connectivity index (χ3v) is 4.18. The summed E-state index contributed by atoms with van der Waals surface area (Å²) in [7, 11) is 0. The van der Waals surface area contributed by atoms with Crippen LogP contribution in [0, 0.1) is 0 Å². The molecule has 0 saturated carbocycles. The molecule has 1 atom stereocenters. The van der Waals surface area contributed by atoms with Crippen molar-refractivity contribution in [2.24, 2.45) is 4.99 Å². The molecule has 1 aliphatic heterocycles. The Morgan fingerprint density at radius 2 is 1.42 bits per heavy atom. The molecule has 6 heteroatoms. The van der Waals surface area contributed by atoms with Crippen LogP contribution >= 0.6 is 0 Å². The molecule has 2 aromatic rings. The second-order valence-electron chi connectivity index (χ2n) is 6.13. The Morgan fingerprint density at radius 3 is 1.96 bits per heavy atom. The Morgan fingerprint density at radius 1 is 0.923 bits per heavy atom. The number of hydrogen-bond acceptors (Lipinski definition) is 4. The van der Waals surface area contributed by atoms with Gasteiger partial charge in [0.25, 0.3) is 11.8 Å². The number of aliphatic hydroxyl groups is 1. The van der Waals surface area contributed by atoms with Gasteiger partial charge in [-0.3, -0.25) is 14.6 Å². The first-order valence-electron chi connectivity index (χ1n) is 8.15. The highest BCUT2D eigenvalue weighted by Gasteiger charge is 2.45. The molecular weight excluding hydrogens is 330 g/mol. The van der Waals surface area contributed by atoms with Crippen LogP contribution in [0.4, 0.5) is 11.4 Å². The number of anilines is 2. The van der Waals surface area contributed by atoms with Gasteiger partial charge in [-0.2, -0.15) is 0 Å². The molecule has 132 valence electrons. The van der Waals surface area contributed by atoms with E-state index in [0.717, 1.165) is 0 Å². The van der Waals surface area contributed by atoms with E-state index in [-0.39, 0.29) is 11.3 Å². The first-order valence-corrected chi connectivity index (χ1v) is 8.15. The van der Waals surface area contributed by atoms with Gasteiger partial charge in [0.15, 0.2) is 5.54 Å². The van der Waals surface area contributed by atoms with Gasteiger partial charge in [-0.1, -0.05) is 36.4 Å². The lowest BCUT2D eigenvalue weighted by atomic mass is 9.97. The van der Waals surface area contributed by atoms with E-state index in [1.165, 1.54) is 6.92 Å². The van der Waals surface area contributed by atoms with Crippen LogP contribution in [0.3, 0.4) is 0 Å². The van der Waals surface area contributed by atoms with Crippen molar-refractivity contribution in [1.29, 1.82) is 0 Å². The van der Waals surface area contributed by atoms with Gasteiger partial charge in [-0.25, -0.2) is 0 Å². The van der Waals surface area contributed by atoms with E-state index < -0.39 is 17.4 Å². The molecule has 6 nitrogen and oxygen atoms in total. The number of rotatable bonds is 4. The minimum atomic E-state index is -1.55. The molecule has 0 bridgehead atoms. The number of para-hydroxylation sites is 2. The van der Waals surface area contributed by atoms with Crippen molar-refractivity contribution in [3.05, 3.63) is 72.0 Å². The molecule has 0 spiro atoms. The number of nitrogens with zero attached hydrogens (tertiary/aromatic N) is 1. The SMILES string of the molecule is CC1=N[C@@](C)(C(=O)Nc2ccccc2)C(O)=C1C(=O)Nc1ccccc1. The predicted octanol–water partition coefficient (Wildman–Crippen LogP) is 3.31. The second kappa shape index (κ2) is 6.84. The van der Waals surface area contributed by atoms with Gasteiger partial charge < -0.3 is 15.7 Å². The van der Waals surface area contributed by atoms with Crippen LogP contribution in [-0.2, 0) is 9.59 Å². The Bertz CT molecular complexity index is 904.